The van der Waals surface area contributed by atoms with E-state index >= 15 is 0 Å². The van der Waals surface area contributed by atoms with Crippen molar-refractivity contribution >= 4 is 39.3 Å². The largest absolute Gasteiger partial charge is 0.324 e. The van der Waals surface area contributed by atoms with Crippen LogP contribution in [0.1, 0.15) is 32.1 Å². The summed E-state index contributed by atoms with van der Waals surface area (Å²) in [7, 11) is 0. The molecular weight excluding hydrogens is 426 g/mol. The van der Waals surface area contributed by atoms with Crippen molar-refractivity contribution in [1.82, 2.24) is 19.7 Å². The number of anilines is 1. The van der Waals surface area contributed by atoms with Crippen molar-refractivity contribution in [1.29, 1.82) is 0 Å². The van der Waals surface area contributed by atoms with Crippen molar-refractivity contribution in [2.45, 2.75) is 32.1 Å². The van der Waals surface area contributed by atoms with Gasteiger partial charge in [-0.2, -0.15) is 5.10 Å². The molecule has 1 N–H and O–H groups in total. The van der Waals surface area contributed by atoms with Gasteiger partial charge in [-0.15, -0.1) is 0 Å². The average molecular weight is 446 g/mol. The molecule has 0 radical (unpaired) electrons. The van der Waals surface area contributed by atoms with E-state index in [1.165, 1.54) is 11.2 Å². The number of fused-ring (bicyclic) bond motifs is 1. The SMILES string of the molecule is O=C(CCN1C(=O)C2CCCCC2C1=O)Nc1cc(Br)ccc1-n1cncn1. The van der Waals surface area contributed by atoms with Crippen LogP contribution in [0, 0.1) is 11.8 Å². The third-order valence-electron chi connectivity index (χ3n) is 5.39. The molecule has 1 aromatic heterocycles. The molecule has 2 atom stereocenters. The van der Waals surface area contributed by atoms with E-state index in [0.717, 1.165) is 30.2 Å². The number of amides is 3. The van der Waals surface area contributed by atoms with Crippen LogP contribution in [0.25, 0.3) is 5.69 Å². The lowest BCUT2D eigenvalue weighted by Gasteiger charge is -2.19. The number of hydrogen-bond acceptors (Lipinski definition) is 5. The normalized spacial score (nSPS) is 21.7. The highest BCUT2D eigenvalue weighted by molar-refractivity contribution is 9.10. The molecule has 0 bridgehead atoms. The fourth-order valence-corrected chi connectivity index (χ4v) is 4.38. The third-order valence-corrected chi connectivity index (χ3v) is 5.89. The molecule has 2 fully saturated rings. The highest BCUT2D eigenvalue weighted by atomic mass is 79.9. The number of aromatic nitrogens is 3. The highest BCUT2D eigenvalue weighted by Gasteiger charge is 2.47. The number of carbonyl (C=O) groups excluding carboxylic acids is 3. The molecular formula is C19H20BrN5O3. The number of likely N-dealkylation sites (tertiary alicyclic amines) is 1. The molecule has 9 heteroatoms. The smallest absolute Gasteiger partial charge is 0.233 e. The molecule has 1 saturated carbocycles. The topological polar surface area (TPSA) is 97.2 Å². The van der Waals surface area contributed by atoms with Crippen molar-refractivity contribution in [3.8, 4) is 5.69 Å². The van der Waals surface area contributed by atoms with Crippen molar-refractivity contribution in [2.24, 2.45) is 11.8 Å². The van der Waals surface area contributed by atoms with Crippen LogP contribution in [0.4, 0.5) is 5.69 Å². The van der Waals surface area contributed by atoms with E-state index in [2.05, 4.69) is 31.3 Å². The summed E-state index contributed by atoms with van der Waals surface area (Å²) >= 11 is 3.40. The van der Waals surface area contributed by atoms with Crippen LogP contribution in [-0.4, -0.2) is 43.9 Å². The van der Waals surface area contributed by atoms with Gasteiger partial charge in [0.2, 0.25) is 17.7 Å². The Morgan fingerprint density at radius 2 is 1.89 bits per heavy atom. The van der Waals surface area contributed by atoms with Gasteiger partial charge >= 0.3 is 0 Å². The van der Waals surface area contributed by atoms with Gasteiger partial charge < -0.3 is 5.32 Å². The Labute approximate surface area is 170 Å². The summed E-state index contributed by atoms with van der Waals surface area (Å²) < 4.78 is 2.36. The van der Waals surface area contributed by atoms with Crippen LogP contribution in [0.5, 0.6) is 0 Å². The van der Waals surface area contributed by atoms with Crippen LogP contribution < -0.4 is 5.32 Å². The van der Waals surface area contributed by atoms with Crippen molar-refractivity contribution in [2.75, 3.05) is 11.9 Å². The number of nitrogens with zero attached hydrogens (tertiary/aromatic N) is 4. The lowest BCUT2D eigenvalue weighted by atomic mass is 9.81. The van der Waals surface area contributed by atoms with Crippen LogP contribution >= 0.6 is 15.9 Å². The van der Waals surface area contributed by atoms with Gasteiger partial charge in [0.25, 0.3) is 0 Å². The Morgan fingerprint density at radius 1 is 1.18 bits per heavy atom. The minimum Gasteiger partial charge on any atom is -0.324 e. The maximum absolute atomic E-state index is 12.5. The van der Waals surface area contributed by atoms with Gasteiger partial charge in [-0.25, -0.2) is 9.67 Å². The number of halogens is 1. The summed E-state index contributed by atoms with van der Waals surface area (Å²) in [6.45, 7) is 0.114. The quantitative estimate of drug-likeness (QED) is 0.713. The molecule has 146 valence electrons. The van der Waals surface area contributed by atoms with E-state index in [4.69, 9.17) is 0 Å². The summed E-state index contributed by atoms with van der Waals surface area (Å²) in [6.07, 6.45) is 6.54. The Kier molecular flexibility index (Phi) is 5.25. The molecule has 0 spiro atoms. The van der Waals surface area contributed by atoms with Crippen molar-refractivity contribution < 1.29 is 14.4 Å². The van der Waals surface area contributed by atoms with E-state index in [9.17, 15) is 14.4 Å². The molecule has 2 aromatic rings. The fourth-order valence-electron chi connectivity index (χ4n) is 4.02. The average Bonchev–Trinajstić information content (AvgIpc) is 3.29. The van der Waals surface area contributed by atoms with Gasteiger partial charge in [0.05, 0.1) is 23.2 Å². The van der Waals surface area contributed by atoms with Crippen LogP contribution in [-0.2, 0) is 14.4 Å². The second-order valence-corrected chi connectivity index (χ2v) is 8.04. The Morgan fingerprint density at radius 3 is 2.54 bits per heavy atom. The first-order valence-electron chi connectivity index (χ1n) is 9.34. The van der Waals surface area contributed by atoms with E-state index in [-0.39, 0.29) is 42.5 Å². The Hall–Kier alpha value is -2.55. The summed E-state index contributed by atoms with van der Waals surface area (Å²) in [5.41, 5.74) is 1.24. The summed E-state index contributed by atoms with van der Waals surface area (Å²) in [4.78, 5) is 42.8. The third kappa shape index (κ3) is 3.58. The second-order valence-electron chi connectivity index (χ2n) is 7.13. The van der Waals surface area contributed by atoms with Crippen molar-refractivity contribution in [3.63, 3.8) is 0 Å². The fraction of sp³-hybridized carbons (Fsp3) is 0.421. The first-order chi connectivity index (χ1) is 13.5. The zero-order valence-electron chi connectivity index (χ0n) is 15.2. The Balaban J connectivity index is 1.42. The zero-order valence-corrected chi connectivity index (χ0v) is 16.8. The van der Waals surface area contributed by atoms with Gasteiger partial charge in [-0.05, 0) is 31.0 Å². The van der Waals surface area contributed by atoms with E-state index in [1.54, 1.807) is 17.1 Å². The molecule has 2 unspecified atom stereocenters. The summed E-state index contributed by atoms with van der Waals surface area (Å²) in [5, 5.41) is 6.94. The van der Waals surface area contributed by atoms with Gasteiger partial charge in [-0.3, -0.25) is 19.3 Å². The molecule has 1 aliphatic carbocycles. The van der Waals surface area contributed by atoms with Gasteiger partial charge in [0.15, 0.2) is 0 Å². The number of nitrogens with one attached hydrogen (secondary N) is 1. The number of benzene rings is 1. The lowest BCUT2D eigenvalue weighted by Crippen LogP contribution is -2.34. The zero-order chi connectivity index (χ0) is 19.7. The Bertz CT molecular complexity index is 890. The van der Waals surface area contributed by atoms with Gasteiger partial charge in [0, 0.05) is 17.4 Å². The maximum atomic E-state index is 12.5. The second kappa shape index (κ2) is 7.83. The van der Waals surface area contributed by atoms with E-state index in [1.807, 2.05) is 12.1 Å². The van der Waals surface area contributed by atoms with E-state index in [0.29, 0.717) is 11.4 Å². The molecule has 3 amide bonds. The van der Waals surface area contributed by atoms with Crippen LogP contribution in [0.15, 0.2) is 35.3 Å². The van der Waals surface area contributed by atoms with Crippen LogP contribution in [0.3, 0.4) is 0 Å². The van der Waals surface area contributed by atoms with Gasteiger partial charge in [0.1, 0.15) is 12.7 Å². The molecule has 1 saturated heterocycles. The minimum atomic E-state index is -0.269. The number of rotatable bonds is 5. The molecule has 2 aliphatic rings. The van der Waals surface area contributed by atoms with Crippen molar-refractivity contribution in [3.05, 3.63) is 35.3 Å². The molecule has 4 rings (SSSR count). The first kappa shape index (κ1) is 18.8. The van der Waals surface area contributed by atoms with Gasteiger partial charge in [-0.1, -0.05) is 28.8 Å². The summed E-state index contributed by atoms with van der Waals surface area (Å²) in [5.74, 6) is -0.877. The maximum Gasteiger partial charge on any atom is 0.233 e. The predicted octanol–water partition coefficient (Wildman–Crippen LogP) is 2.53. The molecule has 28 heavy (non-hydrogen) atoms. The highest BCUT2D eigenvalue weighted by Crippen LogP contribution is 2.38. The molecule has 2 heterocycles. The lowest BCUT2D eigenvalue weighted by molar-refractivity contribution is -0.140. The standard InChI is InChI=1S/C19H20BrN5O3/c20-12-5-6-16(25-11-21-10-22-25)15(9-12)23-17(26)7-8-24-18(27)13-3-1-2-4-14(13)19(24)28/h5-6,9-11,13-14H,1-4,7-8H2,(H,23,26). The van der Waals surface area contributed by atoms with Crippen LogP contribution in [0.2, 0.25) is 0 Å². The molecule has 8 nitrogen and oxygen atoms in total. The number of carbonyl (C=O) groups is 3. The number of imide groups is 1. The van der Waals surface area contributed by atoms with E-state index < -0.39 is 0 Å². The number of hydrogen-bond donors (Lipinski definition) is 1. The molecule has 1 aromatic carbocycles. The monoisotopic (exact) mass is 445 g/mol. The minimum absolute atomic E-state index is 0.0558. The summed E-state index contributed by atoms with van der Waals surface area (Å²) in [6, 6.07) is 5.43. The predicted molar refractivity (Wildman–Crippen MR) is 104 cm³/mol. The molecule has 1 aliphatic heterocycles. The first-order valence-corrected chi connectivity index (χ1v) is 10.1.